The summed E-state index contributed by atoms with van der Waals surface area (Å²) in [5.74, 6) is 0.716. The molecule has 4 rings (SSSR count). The van der Waals surface area contributed by atoms with Crippen LogP contribution in [-0.2, 0) is 4.79 Å². The molecule has 0 heterocycles. The first-order chi connectivity index (χ1) is 19.5. The molecule has 0 aliphatic carbocycles. The van der Waals surface area contributed by atoms with Crippen LogP contribution in [0.2, 0.25) is 0 Å². The van der Waals surface area contributed by atoms with Crippen LogP contribution in [0.3, 0.4) is 0 Å². The third-order valence-corrected chi connectivity index (χ3v) is 5.85. The normalized spacial score (nSPS) is 10.7. The summed E-state index contributed by atoms with van der Waals surface area (Å²) in [6.07, 6.45) is 0.0222. The van der Waals surface area contributed by atoms with Gasteiger partial charge in [-0.1, -0.05) is 52.3 Å². The quantitative estimate of drug-likeness (QED) is 0.0778. The van der Waals surface area contributed by atoms with E-state index in [0.717, 1.165) is 0 Å². The molecular weight excluding hydrogens is 580 g/mol. The highest BCUT2D eigenvalue weighted by molar-refractivity contribution is 9.10. The Hall–Kier alpha value is -4.83. The highest BCUT2D eigenvalue weighted by atomic mass is 79.9. The lowest BCUT2D eigenvalue weighted by Gasteiger charge is -2.18. The van der Waals surface area contributed by atoms with Gasteiger partial charge in [0.05, 0.1) is 26.0 Å². The van der Waals surface area contributed by atoms with E-state index in [-0.39, 0.29) is 11.3 Å². The number of hydrogen-bond acceptors (Lipinski definition) is 8. The molecule has 0 unspecified atom stereocenters. The van der Waals surface area contributed by atoms with Crippen molar-refractivity contribution in [3.8, 4) is 28.7 Å². The van der Waals surface area contributed by atoms with Gasteiger partial charge in [0.15, 0.2) is 11.5 Å². The minimum atomic E-state index is -1.33. The maximum Gasteiger partial charge on any atom is 0.343 e. The van der Waals surface area contributed by atoms with Crippen LogP contribution >= 0.6 is 15.9 Å². The van der Waals surface area contributed by atoms with Crippen LogP contribution in [0.5, 0.6) is 28.7 Å². The summed E-state index contributed by atoms with van der Waals surface area (Å²) in [6.45, 7) is 0. The molecule has 40 heavy (non-hydrogen) atoms. The lowest BCUT2D eigenvalue weighted by atomic mass is 10.2. The molecule has 10 heteroatoms. The van der Waals surface area contributed by atoms with Gasteiger partial charge in [0.1, 0.15) is 17.2 Å². The maximum absolute atomic E-state index is 13.0. The van der Waals surface area contributed by atoms with E-state index in [1.165, 1.54) is 26.5 Å². The topological polar surface area (TPSA) is 105 Å². The number of nitrogens with zero attached hydrogens (tertiary/aromatic N) is 1. The van der Waals surface area contributed by atoms with Gasteiger partial charge in [-0.25, -0.2) is 10.2 Å². The summed E-state index contributed by atoms with van der Waals surface area (Å²) in [6, 6.07) is 27.3. The van der Waals surface area contributed by atoms with Gasteiger partial charge >= 0.3 is 18.2 Å². The Bertz CT molecular complexity index is 1440. The first kappa shape index (κ1) is 28.2. The van der Waals surface area contributed by atoms with E-state index in [9.17, 15) is 9.59 Å². The molecule has 4 aromatic rings. The summed E-state index contributed by atoms with van der Waals surface area (Å²) in [5, 5.41) is 4.04. The van der Waals surface area contributed by atoms with Gasteiger partial charge in [-0.2, -0.15) is 5.10 Å². The first-order valence-electron chi connectivity index (χ1n) is 12.0. The van der Waals surface area contributed by atoms with Gasteiger partial charge in [-0.05, 0) is 60.7 Å². The Balaban J connectivity index is 1.49. The second-order valence-electron chi connectivity index (χ2n) is 8.07. The van der Waals surface area contributed by atoms with Gasteiger partial charge in [0.2, 0.25) is 0 Å². The van der Waals surface area contributed by atoms with Crippen molar-refractivity contribution in [2.45, 2.75) is 6.29 Å². The predicted molar refractivity (Wildman–Crippen MR) is 152 cm³/mol. The minimum Gasteiger partial charge on any atom is -0.493 e. The van der Waals surface area contributed by atoms with Crippen LogP contribution in [0, 0.1) is 0 Å². The van der Waals surface area contributed by atoms with Gasteiger partial charge in [-0.15, -0.1) is 0 Å². The Labute approximate surface area is 239 Å². The van der Waals surface area contributed by atoms with Crippen molar-refractivity contribution in [3.63, 3.8) is 0 Å². The predicted octanol–water partition coefficient (Wildman–Crippen LogP) is 5.62. The number of carbonyl (C=O) groups excluding carboxylic acids is 2. The monoisotopic (exact) mass is 604 g/mol. The number of hydrogen-bond donors (Lipinski definition) is 1. The second-order valence-corrected chi connectivity index (χ2v) is 8.99. The zero-order valence-electron chi connectivity index (χ0n) is 21.6. The number of nitrogens with one attached hydrogen (secondary N) is 1. The van der Waals surface area contributed by atoms with Crippen LogP contribution in [0.15, 0.2) is 107 Å². The van der Waals surface area contributed by atoms with Crippen molar-refractivity contribution < 1.29 is 33.3 Å². The van der Waals surface area contributed by atoms with Gasteiger partial charge in [-0.3, -0.25) is 4.79 Å². The lowest BCUT2D eigenvalue weighted by Crippen LogP contribution is -2.40. The smallest absolute Gasteiger partial charge is 0.343 e. The third kappa shape index (κ3) is 7.61. The number of methoxy groups -OCH3 is 2. The van der Waals surface area contributed by atoms with Crippen LogP contribution in [0.1, 0.15) is 15.9 Å². The lowest BCUT2D eigenvalue weighted by molar-refractivity contribution is -0.140. The molecule has 0 bridgehead atoms. The number of carbonyl (C=O) groups is 2. The van der Waals surface area contributed by atoms with E-state index in [4.69, 9.17) is 23.7 Å². The summed E-state index contributed by atoms with van der Waals surface area (Å²) < 4.78 is 28.3. The number of para-hydroxylation sites is 2. The van der Waals surface area contributed by atoms with Crippen molar-refractivity contribution >= 4 is 34.0 Å². The fourth-order valence-corrected chi connectivity index (χ4v) is 3.81. The molecule has 0 atom stereocenters. The average Bonchev–Trinajstić information content (AvgIpc) is 2.98. The Morgan fingerprint density at radius 3 is 1.98 bits per heavy atom. The molecule has 0 saturated heterocycles. The number of benzene rings is 4. The standard InChI is InChI=1S/C30H25BrN2O7/c1-36-26-15-13-20(18-27(26)37-2)29(35)40-25-16-14-22(31)17-21(25)19-32-33-28(34)30(38-23-9-5-3-6-10-23)39-24-11-7-4-8-12-24/h3-19,30H,1-2H3,(H,33,34)/b32-19-. The molecule has 9 nitrogen and oxygen atoms in total. The Morgan fingerprint density at radius 1 is 0.775 bits per heavy atom. The molecule has 0 aliphatic rings. The molecule has 0 fully saturated rings. The number of esters is 1. The van der Waals surface area contributed by atoms with Crippen molar-refractivity contribution in [1.29, 1.82) is 0 Å². The average molecular weight is 605 g/mol. The van der Waals surface area contributed by atoms with Crippen LogP contribution in [-0.4, -0.2) is 38.6 Å². The van der Waals surface area contributed by atoms with Crippen molar-refractivity contribution in [1.82, 2.24) is 5.43 Å². The summed E-state index contributed by atoms with van der Waals surface area (Å²) in [4.78, 5) is 25.8. The van der Waals surface area contributed by atoms with Crippen molar-refractivity contribution in [2.24, 2.45) is 5.10 Å². The summed E-state index contributed by atoms with van der Waals surface area (Å²) >= 11 is 3.40. The summed E-state index contributed by atoms with van der Waals surface area (Å²) in [7, 11) is 2.98. The summed E-state index contributed by atoms with van der Waals surface area (Å²) in [5.41, 5.74) is 3.11. The number of hydrazone groups is 1. The van der Waals surface area contributed by atoms with E-state index in [0.29, 0.717) is 33.0 Å². The molecule has 204 valence electrons. The number of rotatable bonds is 11. The largest absolute Gasteiger partial charge is 0.493 e. The molecule has 0 radical (unpaired) electrons. The van der Waals surface area contributed by atoms with Gasteiger partial charge in [0, 0.05) is 10.0 Å². The molecule has 0 saturated carbocycles. The van der Waals surface area contributed by atoms with E-state index in [1.54, 1.807) is 78.9 Å². The Morgan fingerprint density at radius 2 is 1.38 bits per heavy atom. The maximum atomic E-state index is 13.0. The van der Waals surface area contributed by atoms with Crippen LogP contribution in [0.4, 0.5) is 0 Å². The molecule has 0 spiro atoms. The molecule has 1 N–H and O–H groups in total. The molecule has 4 aromatic carbocycles. The Kier molecular flexibility index (Phi) is 9.73. The second kappa shape index (κ2) is 13.8. The highest BCUT2D eigenvalue weighted by Gasteiger charge is 2.23. The number of ether oxygens (including phenoxy) is 5. The molecule has 1 amide bonds. The zero-order chi connectivity index (χ0) is 28.3. The van der Waals surface area contributed by atoms with Gasteiger partial charge in [0.25, 0.3) is 0 Å². The number of amides is 1. The van der Waals surface area contributed by atoms with Crippen molar-refractivity contribution in [2.75, 3.05) is 14.2 Å². The third-order valence-electron chi connectivity index (χ3n) is 5.36. The van der Waals surface area contributed by atoms with Crippen molar-refractivity contribution in [3.05, 3.63) is 113 Å². The fourth-order valence-electron chi connectivity index (χ4n) is 3.43. The molecular formula is C30H25BrN2O7. The van der Waals surface area contributed by atoms with E-state index >= 15 is 0 Å². The minimum absolute atomic E-state index is 0.221. The van der Waals surface area contributed by atoms with E-state index in [2.05, 4.69) is 26.5 Å². The SMILES string of the molecule is COc1ccc(C(=O)Oc2ccc(Br)cc2/C=N\NC(=O)C(Oc2ccccc2)Oc2ccccc2)cc1OC. The van der Waals surface area contributed by atoms with E-state index < -0.39 is 18.2 Å². The van der Waals surface area contributed by atoms with Crippen LogP contribution in [0.25, 0.3) is 0 Å². The highest BCUT2D eigenvalue weighted by Crippen LogP contribution is 2.29. The van der Waals surface area contributed by atoms with Crippen LogP contribution < -0.4 is 29.1 Å². The molecule has 0 aromatic heterocycles. The zero-order valence-corrected chi connectivity index (χ0v) is 23.2. The molecule has 0 aliphatic heterocycles. The fraction of sp³-hybridized carbons (Fsp3) is 0.100. The first-order valence-corrected chi connectivity index (χ1v) is 12.8. The number of halogens is 1. The van der Waals surface area contributed by atoms with Gasteiger partial charge < -0.3 is 23.7 Å². The van der Waals surface area contributed by atoms with E-state index in [1.807, 2.05) is 12.1 Å².